The first-order valence-corrected chi connectivity index (χ1v) is 9.89. The second-order valence-electron chi connectivity index (χ2n) is 7.23. The normalized spacial score (nSPS) is 19.1. The summed E-state index contributed by atoms with van der Waals surface area (Å²) in [5, 5.41) is 13.3. The number of carbonyl (C=O) groups excluding carboxylic acids is 1. The summed E-state index contributed by atoms with van der Waals surface area (Å²) >= 11 is 5.93. The number of pyridine rings is 1. The largest absolute Gasteiger partial charge is 0.389 e. The zero-order valence-corrected chi connectivity index (χ0v) is 16.6. The number of aliphatic hydroxyl groups excluding tert-OH is 1. The quantitative estimate of drug-likeness (QED) is 0.660. The van der Waals surface area contributed by atoms with Crippen molar-refractivity contribution < 1.29 is 23.4 Å². The van der Waals surface area contributed by atoms with E-state index in [2.05, 4.69) is 10.3 Å². The molecule has 2 atom stereocenters. The van der Waals surface area contributed by atoms with Crippen LogP contribution in [-0.4, -0.2) is 41.4 Å². The van der Waals surface area contributed by atoms with E-state index in [0.717, 1.165) is 17.7 Å². The average Bonchev–Trinajstić information content (AvgIpc) is 2.74. The van der Waals surface area contributed by atoms with Crippen molar-refractivity contribution in [2.75, 3.05) is 13.2 Å². The molecule has 0 aliphatic carbocycles. The zero-order valence-electron chi connectivity index (χ0n) is 15.9. The molecule has 3 aromatic rings. The van der Waals surface area contributed by atoms with Crippen molar-refractivity contribution in [3.8, 4) is 0 Å². The molecule has 1 saturated heterocycles. The van der Waals surface area contributed by atoms with Crippen LogP contribution in [0.3, 0.4) is 0 Å². The third-order valence-electron chi connectivity index (χ3n) is 5.13. The third-order valence-corrected chi connectivity index (χ3v) is 5.38. The van der Waals surface area contributed by atoms with Gasteiger partial charge < -0.3 is 15.2 Å². The summed E-state index contributed by atoms with van der Waals surface area (Å²) in [6.45, 7) is 0.534. The van der Waals surface area contributed by atoms with E-state index in [4.69, 9.17) is 16.3 Å². The second-order valence-corrected chi connectivity index (χ2v) is 7.67. The SMILES string of the molecule is O=C(NC1CCOCC1O)c1cc(Cc2ccc(Cl)cc2)c2c(F)ccc(F)c2n1. The van der Waals surface area contributed by atoms with Gasteiger partial charge in [0.05, 0.1) is 18.8 Å². The lowest BCUT2D eigenvalue weighted by molar-refractivity contribution is -0.0261. The van der Waals surface area contributed by atoms with E-state index in [-0.39, 0.29) is 29.6 Å². The van der Waals surface area contributed by atoms with Gasteiger partial charge in [-0.2, -0.15) is 0 Å². The second kappa shape index (κ2) is 8.63. The number of carbonyl (C=O) groups is 1. The van der Waals surface area contributed by atoms with Crippen LogP contribution in [0.1, 0.15) is 28.0 Å². The number of hydrogen-bond donors (Lipinski definition) is 2. The molecule has 30 heavy (non-hydrogen) atoms. The molecule has 2 heterocycles. The van der Waals surface area contributed by atoms with Crippen LogP contribution < -0.4 is 5.32 Å². The van der Waals surface area contributed by atoms with Crippen LogP contribution in [0.25, 0.3) is 10.9 Å². The Hall–Kier alpha value is -2.61. The van der Waals surface area contributed by atoms with Crippen LogP contribution in [0.15, 0.2) is 42.5 Å². The molecule has 0 radical (unpaired) electrons. The average molecular weight is 433 g/mol. The Morgan fingerprint density at radius 3 is 2.67 bits per heavy atom. The molecule has 1 aliphatic heterocycles. The molecule has 0 saturated carbocycles. The lowest BCUT2D eigenvalue weighted by atomic mass is 9.99. The minimum absolute atomic E-state index is 0.0348. The Bertz CT molecular complexity index is 1090. The molecule has 8 heteroatoms. The molecule has 4 rings (SSSR count). The highest BCUT2D eigenvalue weighted by molar-refractivity contribution is 6.30. The summed E-state index contributed by atoms with van der Waals surface area (Å²) < 4.78 is 34.2. The molecule has 5 nitrogen and oxygen atoms in total. The maximum absolute atomic E-state index is 14.6. The maximum Gasteiger partial charge on any atom is 0.270 e. The van der Waals surface area contributed by atoms with Gasteiger partial charge in [-0.3, -0.25) is 4.79 Å². The number of halogens is 3. The first-order chi connectivity index (χ1) is 14.4. The molecule has 1 amide bonds. The fourth-order valence-electron chi connectivity index (χ4n) is 3.56. The Morgan fingerprint density at radius 1 is 1.20 bits per heavy atom. The van der Waals surface area contributed by atoms with Gasteiger partial charge in [-0.15, -0.1) is 0 Å². The lowest BCUT2D eigenvalue weighted by Gasteiger charge is -2.28. The van der Waals surface area contributed by atoms with Gasteiger partial charge in [-0.25, -0.2) is 13.8 Å². The Kier molecular flexibility index (Phi) is 5.94. The number of fused-ring (bicyclic) bond motifs is 1. The minimum atomic E-state index is -0.842. The van der Waals surface area contributed by atoms with Crippen LogP contribution in [0.5, 0.6) is 0 Å². The fourth-order valence-corrected chi connectivity index (χ4v) is 3.68. The van der Waals surface area contributed by atoms with E-state index in [0.29, 0.717) is 23.6 Å². The first-order valence-electron chi connectivity index (χ1n) is 9.51. The standard InChI is InChI=1S/C22H19ClF2N2O3/c23-14-3-1-12(2-4-14)9-13-10-18(22(29)27-17-7-8-30-11-19(17)28)26-21-16(25)6-5-15(24)20(13)21/h1-6,10,17,19,28H,7-9,11H2,(H,27,29). The molecule has 0 bridgehead atoms. The number of benzene rings is 2. The van der Waals surface area contributed by atoms with Gasteiger partial charge in [0.1, 0.15) is 22.8 Å². The Morgan fingerprint density at radius 2 is 1.93 bits per heavy atom. The van der Waals surface area contributed by atoms with Gasteiger partial charge in [0.15, 0.2) is 0 Å². The topological polar surface area (TPSA) is 71.5 Å². The van der Waals surface area contributed by atoms with Gasteiger partial charge in [0.2, 0.25) is 0 Å². The molecule has 156 valence electrons. The van der Waals surface area contributed by atoms with Crippen LogP contribution in [-0.2, 0) is 11.2 Å². The van der Waals surface area contributed by atoms with Crippen LogP contribution in [0.4, 0.5) is 8.78 Å². The van der Waals surface area contributed by atoms with Crippen molar-refractivity contribution in [2.24, 2.45) is 0 Å². The summed E-state index contributed by atoms with van der Waals surface area (Å²) in [5.41, 5.74) is 0.993. The van der Waals surface area contributed by atoms with Gasteiger partial charge in [0.25, 0.3) is 5.91 Å². The van der Waals surface area contributed by atoms with Crippen LogP contribution >= 0.6 is 11.6 Å². The number of aliphatic hydroxyl groups is 1. The van der Waals surface area contributed by atoms with Gasteiger partial charge >= 0.3 is 0 Å². The number of hydrogen-bond acceptors (Lipinski definition) is 4. The molecule has 1 fully saturated rings. The predicted octanol–water partition coefficient (Wildman–Crippen LogP) is 3.64. The van der Waals surface area contributed by atoms with Gasteiger partial charge in [-0.1, -0.05) is 23.7 Å². The molecule has 0 spiro atoms. The Labute approximate surface area is 176 Å². The molecule has 2 unspecified atom stereocenters. The van der Waals surface area contributed by atoms with Crippen LogP contribution in [0, 0.1) is 11.6 Å². The van der Waals surface area contributed by atoms with E-state index in [1.807, 2.05) is 0 Å². The number of amides is 1. The molecule has 1 aliphatic rings. The molecule has 2 N–H and O–H groups in total. The highest BCUT2D eigenvalue weighted by Crippen LogP contribution is 2.27. The number of nitrogens with one attached hydrogen (secondary N) is 1. The van der Waals surface area contributed by atoms with E-state index in [1.165, 1.54) is 6.07 Å². The number of ether oxygens (including phenoxy) is 1. The smallest absolute Gasteiger partial charge is 0.270 e. The van der Waals surface area contributed by atoms with Crippen molar-refractivity contribution in [3.05, 3.63) is 75.9 Å². The van der Waals surface area contributed by atoms with Crippen molar-refractivity contribution in [2.45, 2.75) is 25.0 Å². The number of nitrogens with zero attached hydrogens (tertiary/aromatic N) is 1. The summed E-state index contributed by atoms with van der Waals surface area (Å²) in [5.74, 6) is -1.90. The fraction of sp³-hybridized carbons (Fsp3) is 0.273. The zero-order chi connectivity index (χ0) is 21.3. The van der Waals surface area contributed by atoms with Gasteiger partial charge in [0, 0.05) is 17.0 Å². The van der Waals surface area contributed by atoms with Gasteiger partial charge in [-0.05, 0) is 54.3 Å². The summed E-state index contributed by atoms with van der Waals surface area (Å²) in [6.07, 6.45) is -0.136. The minimum Gasteiger partial charge on any atom is -0.389 e. The van der Waals surface area contributed by atoms with E-state index in [1.54, 1.807) is 24.3 Å². The lowest BCUT2D eigenvalue weighted by Crippen LogP contribution is -2.48. The highest BCUT2D eigenvalue weighted by atomic mass is 35.5. The van der Waals surface area contributed by atoms with Crippen molar-refractivity contribution in [3.63, 3.8) is 0 Å². The predicted molar refractivity (Wildman–Crippen MR) is 109 cm³/mol. The number of rotatable bonds is 4. The summed E-state index contributed by atoms with van der Waals surface area (Å²) in [6, 6.07) is 9.97. The van der Waals surface area contributed by atoms with E-state index < -0.39 is 29.7 Å². The van der Waals surface area contributed by atoms with Crippen molar-refractivity contribution >= 4 is 28.4 Å². The molecule has 2 aromatic carbocycles. The molecular weight excluding hydrogens is 414 g/mol. The van der Waals surface area contributed by atoms with E-state index in [9.17, 15) is 18.7 Å². The number of aromatic nitrogens is 1. The van der Waals surface area contributed by atoms with Crippen LogP contribution in [0.2, 0.25) is 5.02 Å². The third kappa shape index (κ3) is 4.28. The van der Waals surface area contributed by atoms with Crippen molar-refractivity contribution in [1.82, 2.24) is 10.3 Å². The Balaban J connectivity index is 1.74. The highest BCUT2D eigenvalue weighted by Gasteiger charge is 2.26. The molecule has 1 aromatic heterocycles. The van der Waals surface area contributed by atoms with Crippen molar-refractivity contribution in [1.29, 1.82) is 0 Å². The van der Waals surface area contributed by atoms with E-state index >= 15 is 0 Å². The summed E-state index contributed by atoms with van der Waals surface area (Å²) in [4.78, 5) is 16.9. The monoisotopic (exact) mass is 432 g/mol. The summed E-state index contributed by atoms with van der Waals surface area (Å²) in [7, 11) is 0. The molecular formula is C22H19ClF2N2O3. The maximum atomic E-state index is 14.6. The first kappa shape index (κ1) is 20.7.